The van der Waals surface area contributed by atoms with E-state index in [4.69, 9.17) is 0 Å². The maximum absolute atomic E-state index is 13.3. The number of carbonyl (C=O) groups excluding carboxylic acids is 1. The van der Waals surface area contributed by atoms with Crippen LogP contribution in [0.5, 0.6) is 0 Å². The van der Waals surface area contributed by atoms with Crippen molar-refractivity contribution < 1.29 is 18.0 Å². The number of halogens is 3. The highest BCUT2D eigenvalue weighted by molar-refractivity contribution is 5.99. The molecule has 0 aliphatic carbocycles. The summed E-state index contributed by atoms with van der Waals surface area (Å²) in [6.45, 7) is 2.45. The number of rotatable bonds is 3. The molecule has 0 N–H and O–H groups in total. The summed E-state index contributed by atoms with van der Waals surface area (Å²) in [5.41, 5.74) is -0.251. The van der Waals surface area contributed by atoms with Gasteiger partial charge in [0.2, 0.25) is 0 Å². The van der Waals surface area contributed by atoms with Gasteiger partial charge in [-0.2, -0.15) is 18.3 Å². The SMILES string of the molecule is O=C(c1cccnc1N1CCCCC1)N1CCC[C@@H](n2nccc2C(F)(F)F)C1. The van der Waals surface area contributed by atoms with Gasteiger partial charge in [0.05, 0.1) is 11.6 Å². The van der Waals surface area contributed by atoms with E-state index in [1.165, 1.54) is 12.6 Å². The molecule has 0 unspecified atom stereocenters. The fraction of sp³-hybridized carbons (Fsp3) is 0.550. The van der Waals surface area contributed by atoms with Gasteiger partial charge < -0.3 is 9.80 Å². The summed E-state index contributed by atoms with van der Waals surface area (Å²) in [6.07, 6.45) is 2.87. The number of piperidine rings is 2. The third kappa shape index (κ3) is 4.09. The van der Waals surface area contributed by atoms with Gasteiger partial charge in [0.25, 0.3) is 5.91 Å². The Hall–Kier alpha value is -2.58. The fourth-order valence-corrected chi connectivity index (χ4v) is 4.26. The number of hydrogen-bond acceptors (Lipinski definition) is 4. The van der Waals surface area contributed by atoms with Gasteiger partial charge in [-0.15, -0.1) is 0 Å². The number of amides is 1. The highest BCUT2D eigenvalue weighted by atomic mass is 19.4. The molecular weight excluding hydrogens is 383 g/mol. The van der Waals surface area contributed by atoms with Crippen LogP contribution in [0.25, 0.3) is 0 Å². The van der Waals surface area contributed by atoms with E-state index in [0.29, 0.717) is 30.8 Å². The summed E-state index contributed by atoms with van der Waals surface area (Å²) in [5.74, 6) is 0.499. The van der Waals surface area contributed by atoms with Gasteiger partial charge in [-0.25, -0.2) is 4.98 Å². The minimum absolute atomic E-state index is 0.177. The maximum Gasteiger partial charge on any atom is 0.433 e. The van der Waals surface area contributed by atoms with Crippen LogP contribution in [0, 0.1) is 0 Å². The van der Waals surface area contributed by atoms with Crippen LogP contribution in [0.15, 0.2) is 30.6 Å². The van der Waals surface area contributed by atoms with Crippen molar-refractivity contribution in [1.29, 1.82) is 0 Å². The molecule has 4 rings (SSSR count). The van der Waals surface area contributed by atoms with Crippen molar-refractivity contribution in [3.8, 4) is 0 Å². The average molecular weight is 407 g/mol. The molecule has 0 spiro atoms. The number of aromatic nitrogens is 3. The first-order chi connectivity index (χ1) is 13.9. The van der Waals surface area contributed by atoms with Crippen molar-refractivity contribution in [3.05, 3.63) is 41.9 Å². The van der Waals surface area contributed by atoms with E-state index in [0.717, 1.165) is 36.7 Å². The lowest BCUT2D eigenvalue weighted by Crippen LogP contribution is -2.42. The van der Waals surface area contributed by atoms with Crippen LogP contribution in [0.4, 0.5) is 19.0 Å². The number of carbonyl (C=O) groups is 1. The molecule has 0 saturated carbocycles. The fourth-order valence-electron chi connectivity index (χ4n) is 4.26. The molecule has 0 radical (unpaired) electrons. The molecule has 0 bridgehead atoms. The lowest BCUT2D eigenvalue weighted by atomic mass is 10.0. The van der Waals surface area contributed by atoms with Gasteiger partial charge in [-0.1, -0.05) is 0 Å². The average Bonchev–Trinajstić information content (AvgIpc) is 3.25. The maximum atomic E-state index is 13.3. The molecule has 1 amide bonds. The molecule has 156 valence electrons. The Morgan fingerprint density at radius 3 is 2.59 bits per heavy atom. The van der Waals surface area contributed by atoms with E-state index >= 15 is 0 Å². The van der Waals surface area contributed by atoms with E-state index in [-0.39, 0.29) is 12.5 Å². The van der Waals surface area contributed by atoms with Crippen LogP contribution < -0.4 is 4.90 Å². The molecular formula is C20H24F3N5O. The van der Waals surface area contributed by atoms with Crippen LogP contribution in [-0.2, 0) is 6.18 Å². The number of nitrogens with zero attached hydrogens (tertiary/aromatic N) is 5. The standard InChI is InChI=1S/C20H24F3N5O/c21-20(22,23)17-8-10-25-28(17)15-6-5-13-27(14-15)19(29)16-7-4-9-24-18(16)26-11-2-1-3-12-26/h4,7-10,15H,1-3,5-6,11-14H2/t15-/m1/s1. The normalized spacial score (nSPS) is 20.7. The Bertz CT molecular complexity index is 860. The molecule has 1 atom stereocenters. The Morgan fingerprint density at radius 1 is 1.03 bits per heavy atom. The largest absolute Gasteiger partial charge is 0.433 e. The Kier molecular flexibility index (Phi) is 5.47. The van der Waals surface area contributed by atoms with Crippen LogP contribution in [0.3, 0.4) is 0 Å². The van der Waals surface area contributed by atoms with Crippen molar-refractivity contribution in [2.24, 2.45) is 0 Å². The minimum atomic E-state index is -4.46. The van der Waals surface area contributed by atoms with Gasteiger partial charge in [0.1, 0.15) is 11.5 Å². The summed E-state index contributed by atoms with van der Waals surface area (Å²) in [4.78, 5) is 21.5. The zero-order valence-electron chi connectivity index (χ0n) is 16.1. The predicted octanol–water partition coefficient (Wildman–Crippen LogP) is 3.76. The van der Waals surface area contributed by atoms with Gasteiger partial charge in [0, 0.05) is 38.6 Å². The molecule has 29 heavy (non-hydrogen) atoms. The summed E-state index contributed by atoms with van der Waals surface area (Å²) in [7, 11) is 0. The minimum Gasteiger partial charge on any atom is -0.356 e. The number of likely N-dealkylation sites (tertiary alicyclic amines) is 1. The lowest BCUT2D eigenvalue weighted by Gasteiger charge is -2.35. The van der Waals surface area contributed by atoms with Crippen molar-refractivity contribution in [2.75, 3.05) is 31.1 Å². The highest BCUT2D eigenvalue weighted by Crippen LogP contribution is 2.33. The van der Waals surface area contributed by atoms with Gasteiger partial charge >= 0.3 is 6.18 Å². The molecule has 2 saturated heterocycles. The van der Waals surface area contributed by atoms with Gasteiger partial charge in [-0.3, -0.25) is 9.48 Å². The summed E-state index contributed by atoms with van der Waals surface area (Å²) >= 11 is 0. The van der Waals surface area contributed by atoms with Crippen LogP contribution in [-0.4, -0.2) is 51.8 Å². The van der Waals surface area contributed by atoms with Gasteiger partial charge in [0.15, 0.2) is 0 Å². The molecule has 2 fully saturated rings. The summed E-state index contributed by atoms with van der Waals surface area (Å²) in [6, 6.07) is 3.99. The zero-order valence-corrected chi connectivity index (χ0v) is 16.1. The molecule has 2 aromatic rings. The molecule has 2 aliphatic heterocycles. The van der Waals surface area contributed by atoms with E-state index < -0.39 is 17.9 Å². The highest BCUT2D eigenvalue weighted by Gasteiger charge is 2.38. The van der Waals surface area contributed by atoms with Crippen molar-refractivity contribution in [3.63, 3.8) is 0 Å². The van der Waals surface area contributed by atoms with Crippen molar-refractivity contribution in [1.82, 2.24) is 19.7 Å². The molecule has 0 aromatic carbocycles. The lowest BCUT2D eigenvalue weighted by molar-refractivity contribution is -0.145. The summed E-state index contributed by atoms with van der Waals surface area (Å²) < 4.78 is 40.8. The van der Waals surface area contributed by atoms with Crippen LogP contribution >= 0.6 is 0 Å². The van der Waals surface area contributed by atoms with Crippen molar-refractivity contribution in [2.45, 2.75) is 44.3 Å². The Morgan fingerprint density at radius 2 is 1.83 bits per heavy atom. The monoisotopic (exact) mass is 407 g/mol. The quantitative estimate of drug-likeness (QED) is 0.777. The topological polar surface area (TPSA) is 54.3 Å². The van der Waals surface area contributed by atoms with Gasteiger partial charge in [-0.05, 0) is 50.3 Å². The third-order valence-electron chi connectivity index (χ3n) is 5.66. The third-order valence-corrected chi connectivity index (χ3v) is 5.66. The van der Waals surface area contributed by atoms with E-state index in [1.807, 2.05) is 0 Å². The van der Waals surface area contributed by atoms with Crippen LogP contribution in [0.2, 0.25) is 0 Å². The first-order valence-electron chi connectivity index (χ1n) is 10.0. The Balaban J connectivity index is 1.55. The van der Waals surface area contributed by atoms with Crippen molar-refractivity contribution >= 4 is 11.7 Å². The molecule has 4 heterocycles. The second-order valence-corrected chi connectivity index (χ2v) is 7.63. The van der Waals surface area contributed by atoms with E-state index in [9.17, 15) is 18.0 Å². The van der Waals surface area contributed by atoms with E-state index in [1.54, 1.807) is 23.2 Å². The number of pyridine rings is 1. The second-order valence-electron chi connectivity index (χ2n) is 7.63. The predicted molar refractivity (Wildman–Crippen MR) is 102 cm³/mol. The second kappa shape index (κ2) is 8.04. The van der Waals surface area contributed by atoms with E-state index in [2.05, 4.69) is 15.0 Å². The number of anilines is 1. The molecule has 6 nitrogen and oxygen atoms in total. The zero-order chi connectivity index (χ0) is 20.4. The molecule has 2 aliphatic rings. The summed E-state index contributed by atoms with van der Waals surface area (Å²) in [5, 5.41) is 3.90. The first-order valence-corrected chi connectivity index (χ1v) is 10.0. The Labute approximate surface area is 167 Å². The molecule has 9 heteroatoms. The number of hydrogen-bond donors (Lipinski definition) is 0. The molecule has 2 aromatic heterocycles. The smallest absolute Gasteiger partial charge is 0.356 e. The van der Waals surface area contributed by atoms with Crippen LogP contribution in [0.1, 0.15) is 54.2 Å². The number of alkyl halides is 3. The first kappa shape index (κ1) is 19.7.